The zero-order chi connectivity index (χ0) is 42.5. The molecule has 0 saturated heterocycles. The molecule has 6 unspecified atom stereocenters. The molecule has 56 heavy (non-hydrogen) atoms. The van der Waals surface area contributed by atoms with Crippen molar-refractivity contribution in [1.82, 2.24) is 16.0 Å². The van der Waals surface area contributed by atoms with Crippen molar-refractivity contribution in [3.8, 4) is 0 Å². The quantitative estimate of drug-likeness (QED) is 0.0236. The van der Waals surface area contributed by atoms with Gasteiger partial charge in [0, 0.05) is 35.0 Å². The van der Waals surface area contributed by atoms with Crippen LogP contribution < -0.4 is 67.3 Å². The fraction of sp³-hybridized carbons (Fsp3) is 0.900. The van der Waals surface area contributed by atoms with Gasteiger partial charge in [0.15, 0.2) is 0 Å². The molecular weight excluding hydrogens is 987 g/mol. The van der Waals surface area contributed by atoms with Gasteiger partial charge in [-0.15, -0.1) is 0 Å². The fourth-order valence-electron chi connectivity index (χ4n) is 3.99. The van der Waals surface area contributed by atoms with Crippen LogP contribution in [0.15, 0.2) is 0 Å². The summed E-state index contributed by atoms with van der Waals surface area (Å²) in [5, 5.41) is 3.23. The normalized spacial score (nSPS) is 14.6. The molecule has 0 aromatic rings. The number of nitrogens with one attached hydrogen (secondary N) is 3. The van der Waals surface area contributed by atoms with E-state index in [0.29, 0.717) is 19.3 Å². The number of carbonyl (C=O) groups excluding carboxylic acids is 3. The molecule has 3 N–H and O–H groups in total. The molecule has 15 nitrogen and oxygen atoms in total. The van der Waals surface area contributed by atoms with E-state index in [1.165, 1.54) is 0 Å². The number of hydrogen-bond donors (Lipinski definition) is 9. The molecule has 0 saturated carbocycles. The van der Waals surface area contributed by atoms with Crippen LogP contribution >= 0.6 is 75.8 Å². The summed E-state index contributed by atoms with van der Waals surface area (Å²) in [6.45, 7) is 3.49. The Morgan fingerprint density at radius 2 is 0.661 bits per heavy atom. The molecule has 0 bridgehead atoms. The molecule has 0 aliphatic rings. The van der Waals surface area contributed by atoms with E-state index >= 15 is 0 Å². The first kappa shape index (κ1) is 67.6. The standard InChI is InChI=1S/3C10H21NO4S3.K.Zn/c3*1-8(18(13,14)15)11-10(12)5-3-2-4-9(17)6-7-16;;/h3*8-9,16-17H,2-7H2,1H3,(H,11,12)(H,13,14,15);;/q;;;+1;+2/p-3. The molecular formula is C30H60KN3O12S9Zn. The molecule has 0 heterocycles. The maximum absolute atomic E-state index is 11.3. The number of thiol groups is 6. The van der Waals surface area contributed by atoms with Crippen LogP contribution in [0.3, 0.4) is 0 Å². The number of unbranched alkanes of at least 4 members (excludes halogenated alkanes) is 3. The Balaban J connectivity index is -0.000000228. The summed E-state index contributed by atoms with van der Waals surface area (Å²) in [5.74, 6) is 1.12. The average molecular weight is 1050 g/mol. The van der Waals surface area contributed by atoms with E-state index in [-0.39, 0.29) is 106 Å². The molecule has 0 rings (SSSR count). The summed E-state index contributed by atoms with van der Waals surface area (Å²) in [6, 6.07) is 0. The van der Waals surface area contributed by atoms with E-state index in [2.05, 4.69) is 91.7 Å². The van der Waals surface area contributed by atoms with E-state index in [1.54, 1.807) is 0 Å². The van der Waals surface area contributed by atoms with Crippen LogP contribution in [-0.4, -0.2) is 106 Å². The van der Waals surface area contributed by atoms with Crippen molar-refractivity contribution in [1.29, 1.82) is 0 Å². The van der Waals surface area contributed by atoms with Crippen molar-refractivity contribution in [3.63, 3.8) is 0 Å². The van der Waals surface area contributed by atoms with Gasteiger partial charge in [0.2, 0.25) is 17.7 Å². The Labute approximate surface area is 424 Å². The van der Waals surface area contributed by atoms with Gasteiger partial charge in [0.05, 0.1) is 0 Å². The van der Waals surface area contributed by atoms with Crippen molar-refractivity contribution in [2.24, 2.45) is 0 Å². The summed E-state index contributed by atoms with van der Waals surface area (Å²) in [7, 11) is -13.4. The minimum absolute atomic E-state index is 0. The summed E-state index contributed by atoms with van der Waals surface area (Å²) < 4.78 is 95.1. The molecule has 0 spiro atoms. The summed E-state index contributed by atoms with van der Waals surface area (Å²) >= 11 is 25.4. The first-order valence-corrected chi connectivity index (χ1v) is 25.3. The van der Waals surface area contributed by atoms with Crippen molar-refractivity contribution in [2.45, 2.75) is 149 Å². The third kappa shape index (κ3) is 44.6. The molecule has 0 aliphatic carbocycles. The van der Waals surface area contributed by atoms with Gasteiger partial charge in [0.1, 0.15) is 46.5 Å². The predicted molar refractivity (Wildman–Crippen MR) is 231 cm³/mol. The van der Waals surface area contributed by atoms with Gasteiger partial charge in [-0.25, -0.2) is 25.3 Å². The van der Waals surface area contributed by atoms with Gasteiger partial charge in [-0.2, -0.15) is 75.8 Å². The predicted octanol–water partition coefficient (Wildman–Crippen LogP) is 0.519. The summed E-state index contributed by atoms with van der Waals surface area (Å²) in [6.07, 6.45) is 10.6. The van der Waals surface area contributed by atoms with E-state index in [0.717, 1.165) is 95.8 Å². The van der Waals surface area contributed by atoms with Crippen LogP contribution in [0, 0.1) is 0 Å². The van der Waals surface area contributed by atoms with E-state index in [9.17, 15) is 53.3 Å². The Kier molecular flexibility index (Phi) is 47.2. The summed E-state index contributed by atoms with van der Waals surface area (Å²) in [5.41, 5.74) is 0. The number of rotatable bonds is 27. The van der Waals surface area contributed by atoms with Crippen molar-refractivity contribution >= 4 is 124 Å². The van der Waals surface area contributed by atoms with Crippen molar-refractivity contribution < 1.29 is 124 Å². The second-order valence-electron chi connectivity index (χ2n) is 12.3. The van der Waals surface area contributed by atoms with E-state index in [4.69, 9.17) is 0 Å². The van der Waals surface area contributed by atoms with Gasteiger partial charge in [-0.3, -0.25) is 14.4 Å². The van der Waals surface area contributed by atoms with Gasteiger partial charge in [-0.05, 0) is 95.8 Å². The molecule has 324 valence electrons. The average Bonchev–Trinajstić information content (AvgIpc) is 3.03. The molecule has 3 amide bonds. The summed E-state index contributed by atoms with van der Waals surface area (Å²) in [4.78, 5) is 34.0. The maximum Gasteiger partial charge on any atom is 2.00 e. The molecule has 0 fully saturated rings. The fourth-order valence-corrected chi connectivity index (χ4v) is 7.30. The second-order valence-corrected chi connectivity index (χ2v) is 21.0. The largest absolute Gasteiger partial charge is 2.00 e. The SMILES string of the molecule is CC(NC(=O)CCCCC(S)CCS)S(=O)(=O)[O-].CC(NC(=O)CCCCC(S)CCS)S(=O)(=O)[O-].CC(NC(=O)CCCCC(S)CCS)S(=O)(=O)[O-].[K+].[Zn+2]. The Hall–Kier alpha value is 2.50. The number of carbonyl (C=O) groups is 3. The minimum Gasteiger partial charge on any atom is -0.746 e. The minimum atomic E-state index is -4.45. The topological polar surface area (TPSA) is 259 Å². The third-order valence-corrected chi connectivity index (χ3v) is 12.6. The van der Waals surface area contributed by atoms with Crippen LogP contribution in [-0.2, 0) is 64.2 Å². The van der Waals surface area contributed by atoms with E-state index in [1.807, 2.05) is 0 Å². The monoisotopic (exact) mass is 1050 g/mol. The first-order chi connectivity index (χ1) is 24.8. The number of hydrogen-bond acceptors (Lipinski definition) is 18. The smallest absolute Gasteiger partial charge is 0.746 e. The van der Waals surface area contributed by atoms with Crippen LogP contribution in [0.2, 0.25) is 0 Å². The van der Waals surface area contributed by atoms with Crippen molar-refractivity contribution in [3.05, 3.63) is 0 Å². The number of amides is 3. The second kappa shape index (κ2) is 39.1. The Bertz CT molecular complexity index is 1210. The van der Waals surface area contributed by atoms with E-state index < -0.39 is 64.2 Å². The molecule has 0 aromatic carbocycles. The zero-order valence-corrected chi connectivity index (χ0v) is 46.6. The van der Waals surface area contributed by atoms with Crippen LogP contribution in [0.1, 0.15) is 117 Å². The Morgan fingerprint density at radius 1 is 0.464 bits per heavy atom. The molecule has 0 aromatic heterocycles. The van der Waals surface area contributed by atoms with Gasteiger partial charge >= 0.3 is 70.9 Å². The van der Waals surface area contributed by atoms with Gasteiger partial charge in [-0.1, -0.05) is 19.3 Å². The Morgan fingerprint density at radius 3 is 0.821 bits per heavy atom. The van der Waals surface area contributed by atoms with Crippen molar-refractivity contribution in [2.75, 3.05) is 17.3 Å². The van der Waals surface area contributed by atoms with Gasteiger partial charge < -0.3 is 29.6 Å². The maximum atomic E-state index is 11.3. The first-order valence-electron chi connectivity index (χ1n) is 17.4. The van der Waals surface area contributed by atoms with Crippen LogP contribution in [0.5, 0.6) is 0 Å². The zero-order valence-electron chi connectivity index (χ0n) is 32.7. The molecule has 0 aliphatic heterocycles. The molecule has 26 heteroatoms. The third-order valence-electron chi connectivity index (χ3n) is 7.35. The van der Waals surface area contributed by atoms with Crippen LogP contribution in [0.25, 0.3) is 0 Å². The van der Waals surface area contributed by atoms with Crippen LogP contribution in [0.4, 0.5) is 0 Å². The molecule has 0 radical (unpaired) electrons. The molecule has 6 atom stereocenters. The van der Waals surface area contributed by atoms with Gasteiger partial charge in [0.25, 0.3) is 0 Å².